The van der Waals surface area contributed by atoms with Crippen LogP contribution in [0, 0.1) is 12.8 Å². The fourth-order valence-corrected chi connectivity index (χ4v) is 4.11. The summed E-state index contributed by atoms with van der Waals surface area (Å²) in [4.78, 5) is 0. The van der Waals surface area contributed by atoms with Gasteiger partial charge in [-0.15, -0.1) is 0 Å². The Morgan fingerprint density at radius 2 is 2.08 bits per heavy atom. The summed E-state index contributed by atoms with van der Waals surface area (Å²) in [5.41, 5.74) is 6.19. The molecular formula is C23H25NO. The van der Waals surface area contributed by atoms with Crippen molar-refractivity contribution in [2.45, 2.75) is 32.2 Å². The van der Waals surface area contributed by atoms with E-state index in [9.17, 15) is 0 Å². The highest BCUT2D eigenvalue weighted by atomic mass is 16.5. The van der Waals surface area contributed by atoms with Gasteiger partial charge in [0.1, 0.15) is 12.4 Å². The first kappa shape index (κ1) is 16.0. The molecule has 4 rings (SSSR count). The Kier molecular flexibility index (Phi) is 4.12. The number of rotatable bonds is 4. The van der Waals surface area contributed by atoms with Crippen molar-refractivity contribution >= 4 is 5.69 Å². The first-order valence-electron chi connectivity index (χ1n) is 9.03. The van der Waals surface area contributed by atoms with Crippen LogP contribution in [0.15, 0.2) is 66.8 Å². The van der Waals surface area contributed by atoms with Crippen LogP contribution in [-0.2, 0) is 0 Å². The summed E-state index contributed by atoms with van der Waals surface area (Å²) in [6.07, 6.45) is 5.82. The van der Waals surface area contributed by atoms with Gasteiger partial charge >= 0.3 is 0 Å². The van der Waals surface area contributed by atoms with Gasteiger partial charge in [-0.2, -0.15) is 0 Å². The molecule has 0 aromatic heterocycles. The third kappa shape index (κ3) is 2.97. The molecule has 2 aliphatic rings. The van der Waals surface area contributed by atoms with Crippen LogP contribution in [0.25, 0.3) is 0 Å². The molecule has 0 spiro atoms. The molecule has 3 unspecified atom stereocenters. The number of fused-ring (bicyclic) bond motifs is 3. The van der Waals surface area contributed by atoms with Crippen LogP contribution in [-0.4, -0.2) is 6.61 Å². The highest BCUT2D eigenvalue weighted by Crippen LogP contribution is 2.52. The quantitative estimate of drug-likeness (QED) is 0.717. The van der Waals surface area contributed by atoms with Crippen LogP contribution in [0.5, 0.6) is 5.75 Å². The van der Waals surface area contributed by atoms with Gasteiger partial charge < -0.3 is 10.1 Å². The van der Waals surface area contributed by atoms with E-state index in [1.807, 2.05) is 6.92 Å². The molecule has 0 amide bonds. The van der Waals surface area contributed by atoms with E-state index in [1.165, 1.54) is 16.7 Å². The number of hydrogen-bond acceptors (Lipinski definition) is 2. The minimum absolute atomic E-state index is 0.307. The number of aryl methyl sites for hydroxylation is 1. The van der Waals surface area contributed by atoms with Crippen molar-refractivity contribution < 1.29 is 4.74 Å². The molecule has 2 nitrogen and oxygen atoms in total. The van der Waals surface area contributed by atoms with Gasteiger partial charge in [0.25, 0.3) is 0 Å². The van der Waals surface area contributed by atoms with Crippen molar-refractivity contribution in [2.24, 2.45) is 5.92 Å². The van der Waals surface area contributed by atoms with E-state index in [2.05, 4.69) is 73.4 Å². The Balaban J connectivity index is 1.75. The Bertz CT molecular complexity index is 836. The summed E-state index contributed by atoms with van der Waals surface area (Å²) < 4.78 is 6.04. The third-order valence-corrected chi connectivity index (χ3v) is 5.23. The van der Waals surface area contributed by atoms with Crippen LogP contribution in [0.2, 0.25) is 0 Å². The van der Waals surface area contributed by atoms with E-state index in [-0.39, 0.29) is 0 Å². The summed E-state index contributed by atoms with van der Waals surface area (Å²) in [6.45, 7) is 8.66. The molecule has 3 atom stereocenters. The maximum absolute atomic E-state index is 6.04. The van der Waals surface area contributed by atoms with Crippen molar-refractivity contribution in [3.05, 3.63) is 83.5 Å². The molecule has 25 heavy (non-hydrogen) atoms. The maximum Gasteiger partial charge on any atom is 0.143 e. The highest BCUT2D eigenvalue weighted by molar-refractivity contribution is 5.67. The van der Waals surface area contributed by atoms with Crippen molar-refractivity contribution in [1.29, 1.82) is 0 Å². The molecule has 1 N–H and O–H groups in total. The van der Waals surface area contributed by atoms with Crippen LogP contribution in [0.3, 0.4) is 0 Å². The van der Waals surface area contributed by atoms with Gasteiger partial charge in [-0.25, -0.2) is 0 Å². The molecule has 1 aliphatic heterocycles. The monoisotopic (exact) mass is 331 g/mol. The van der Waals surface area contributed by atoms with Gasteiger partial charge in [0.2, 0.25) is 0 Å². The first-order chi connectivity index (χ1) is 12.1. The molecule has 1 heterocycles. The number of nitrogens with one attached hydrogen (secondary N) is 1. The number of allylic oxidation sites excluding steroid dienone is 2. The molecule has 2 aromatic carbocycles. The number of benzene rings is 2. The van der Waals surface area contributed by atoms with Crippen LogP contribution >= 0.6 is 0 Å². The molecule has 128 valence electrons. The summed E-state index contributed by atoms with van der Waals surface area (Å²) in [6, 6.07) is 15.6. The molecule has 0 saturated carbocycles. The number of ether oxygens (including phenoxy) is 1. The standard InChI is InChI=1S/C23H25NO/c1-15(2)14-25-21-12-6-11-20-18-9-5-10-19(18)22(24-23(20)21)17-8-4-7-16(3)13-17/h4-9,11-13,18-19,22,24H,1,10,14H2,2-3H3. The van der Waals surface area contributed by atoms with Gasteiger partial charge in [0.05, 0.1) is 11.7 Å². The summed E-state index contributed by atoms with van der Waals surface area (Å²) >= 11 is 0. The second-order valence-electron chi connectivity index (χ2n) is 7.36. The van der Waals surface area contributed by atoms with E-state index in [4.69, 9.17) is 4.74 Å². The predicted molar refractivity (Wildman–Crippen MR) is 104 cm³/mol. The molecule has 1 aliphatic carbocycles. The van der Waals surface area contributed by atoms with E-state index in [0.717, 1.165) is 23.4 Å². The Hall–Kier alpha value is -2.48. The molecular weight excluding hydrogens is 306 g/mol. The zero-order valence-corrected chi connectivity index (χ0v) is 15.0. The van der Waals surface area contributed by atoms with Gasteiger partial charge in [-0.3, -0.25) is 0 Å². The van der Waals surface area contributed by atoms with Crippen LogP contribution < -0.4 is 10.1 Å². The Labute approximate surface area is 150 Å². The van der Waals surface area contributed by atoms with E-state index in [0.29, 0.717) is 24.5 Å². The summed E-state index contributed by atoms with van der Waals surface area (Å²) in [7, 11) is 0. The van der Waals surface area contributed by atoms with Crippen molar-refractivity contribution in [3.8, 4) is 5.75 Å². The average Bonchev–Trinajstić information content (AvgIpc) is 3.09. The zero-order valence-electron chi connectivity index (χ0n) is 15.0. The lowest BCUT2D eigenvalue weighted by Gasteiger charge is -2.38. The van der Waals surface area contributed by atoms with E-state index >= 15 is 0 Å². The molecule has 2 heteroatoms. The fourth-order valence-electron chi connectivity index (χ4n) is 4.11. The molecule has 2 aromatic rings. The molecule has 0 saturated heterocycles. The average molecular weight is 331 g/mol. The van der Waals surface area contributed by atoms with E-state index < -0.39 is 0 Å². The second-order valence-corrected chi connectivity index (χ2v) is 7.36. The lowest BCUT2D eigenvalue weighted by molar-refractivity contribution is 0.348. The molecule has 0 radical (unpaired) electrons. The zero-order chi connectivity index (χ0) is 17.4. The number of anilines is 1. The van der Waals surface area contributed by atoms with Crippen molar-refractivity contribution in [3.63, 3.8) is 0 Å². The minimum Gasteiger partial charge on any atom is -0.487 e. The Morgan fingerprint density at radius 1 is 1.24 bits per heavy atom. The lowest BCUT2D eigenvalue weighted by atomic mass is 9.76. The summed E-state index contributed by atoms with van der Waals surface area (Å²) in [5.74, 6) is 1.94. The van der Waals surface area contributed by atoms with Crippen LogP contribution in [0.4, 0.5) is 5.69 Å². The Morgan fingerprint density at radius 3 is 2.88 bits per heavy atom. The smallest absolute Gasteiger partial charge is 0.143 e. The van der Waals surface area contributed by atoms with Crippen molar-refractivity contribution in [1.82, 2.24) is 0 Å². The first-order valence-corrected chi connectivity index (χ1v) is 9.03. The normalized spacial score (nSPS) is 23.5. The predicted octanol–water partition coefficient (Wildman–Crippen LogP) is 5.78. The molecule has 0 bridgehead atoms. The van der Waals surface area contributed by atoms with Gasteiger partial charge in [0, 0.05) is 5.92 Å². The van der Waals surface area contributed by atoms with Gasteiger partial charge in [-0.05, 0) is 49.0 Å². The largest absolute Gasteiger partial charge is 0.487 e. The van der Waals surface area contributed by atoms with Gasteiger partial charge in [-0.1, -0.05) is 60.7 Å². The van der Waals surface area contributed by atoms with Crippen LogP contribution in [0.1, 0.15) is 42.0 Å². The molecule has 0 fully saturated rings. The number of para-hydroxylation sites is 1. The lowest BCUT2D eigenvalue weighted by Crippen LogP contribution is -2.29. The second kappa shape index (κ2) is 6.44. The van der Waals surface area contributed by atoms with Crippen molar-refractivity contribution in [2.75, 3.05) is 11.9 Å². The van der Waals surface area contributed by atoms with E-state index in [1.54, 1.807) is 0 Å². The third-order valence-electron chi connectivity index (χ3n) is 5.23. The van der Waals surface area contributed by atoms with Gasteiger partial charge in [0.15, 0.2) is 0 Å². The number of hydrogen-bond donors (Lipinski definition) is 1. The fraction of sp³-hybridized carbons (Fsp3) is 0.304. The topological polar surface area (TPSA) is 21.3 Å². The SMILES string of the molecule is C=C(C)COc1cccc2c1NC(c1cccc(C)c1)C1CC=CC21. The maximum atomic E-state index is 6.04. The summed E-state index contributed by atoms with van der Waals surface area (Å²) in [5, 5.41) is 3.81. The highest BCUT2D eigenvalue weighted by Gasteiger charge is 2.38. The minimum atomic E-state index is 0.307.